The van der Waals surface area contributed by atoms with Gasteiger partial charge in [0.25, 0.3) is 0 Å². The third kappa shape index (κ3) is 15.7. The summed E-state index contributed by atoms with van der Waals surface area (Å²) in [5, 5.41) is 7.69. The predicted molar refractivity (Wildman–Crippen MR) is 124 cm³/mol. The van der Waals surface area contributed by atoms with E-state index in [-0.39, 0.29) is 12.2 Å². The molecule has 0 aromatic carbocycles. The highest BCUT2D eigenvalue weighted by Crippen LogP contribution is 2.11. The van der Waals surface area contributed by atoms with E-state index in [0.29, 0.717) is 6.42 Å². The number of carboxylic acids is 1. The van der Waals surface area contributed by atoms with Crippen molar-refractivity contribution in [1.82, 2.24) is 0 Å². The van der Waals surface area contributed by atoms with Crippen LogP contribution in [0, 0.1) is 0 Å². The Morgan fingerprint density at radius 3 is 1.62 bits per heavy atom. The highest BCUT2D eigenvalue weighted by Gasteiger charge is 2.29. The third-order valence-electron chi connectivity index (χ3n) is 4.29. The van der Waals surface area contributed by atoms with Gasteiger partial charge in [-0.25, -0.2) is 8.42 Å². The van der Waals surface area contributed by atoms with E-state index >= 15 is 0 Å². The van der Waals surface area contributed by atoms with E-state index in [9.17, 15) is 13.2 Å². The summed E-state index contributed by atoms with van der Waals surface area (Å²) < 4.78 is 23.9. The van der Waals surface area contributed by atoms with Gasteiger partial charge in [0.2, 0.25) is 0 Å². The molecule has 0 fully saturated rings. The van der Waals surface area contributed by atoms with Crippen LogP contribution in [0.4, 0.5) is 0 Å². The predicted octanol–water partition coefficient (Wildman–Crippen LogP) is 6.19. The normalized spacial score (nSPS) is 14.3. The molecule has 0 aliphatic rings. The molecule has 1 atom stereocenters. The van der Waals surface area contributed by atoms with Gasteiger partial charge in [0.1, 0.15) is 0 Å². The Labute approximate surface area is 177 Å². The molecule has 0 saturated heterocycles. The number of aliphatic carboxylic acids is 1. The molecule has 0 spiro atoms. The lowest BCUT2D eigenvalue weighted by Crippen LogP contribution is -2.31. The molecule has 0 bridgehead atoms. The number of unbranched alkanes of at least 4 members (excludes halogenated alkanes) is 2. The summed E-state index contributed by atoms with van der Waals surface area (Å²) >= 11 is 0. The second-order valence-corrected chi connectivity index (χ2v) is 9.11. The van der Waals surface area contributed by atoms with Gasteiger partial charge in [-0.2, -0.15) is 0 Å². The SMILES string of the molecule is CC/C=C\C/C=C\C/C=C\C/C=C\C/C=C\CCCCS(=O)(=O)C(CC)C(=O)O. The van der Waals surface area contributed by atoms with Gasteiger partial charge in [-0.1, -0.05) is 74.6 Å². The van der Waals surface area contributed by atoms with Gasteiger partial charge in [-0.15, -0.1) is 0 Å². The summed E-state index contributed by atoms with van der Waals surface area (Å²) in [6.45, 7) is 3.72. The number of carboxylic acid groups (broad SMARTS) is 1. The summed E-state index contributed by atoms with van der Waals surface area (Å²) in [6.07, 6.45) is 28.5. The van der Waals surface area contributed by atoms with E-state index in [0.717, 1.165) is 44.9 Å². The first-order valence-corrected chi connectivity index (χ1v) is 12.4. The van der Waals surface area contributed by atoms with E-state index in [4.69, 9.17) is 5.11 Å². The second-order valence-electron chi connectivity index (χ2n) is 6.81. The van der Waals surface area contributed by atoms with Crippen LogP contribution in [0.25, 0.3) is 0 Å². The van der Waals surface area contributed by atoms with Crippen molar-refractivity contribution < 1.29 is 18.3 Å². The molecule has 5 heteroatoms. The zero-order valence-corrected chi connectivity index (χ0v) is 18.8. The fourth-order valence-corrected chi connectivity index (χ4v) is 4.36. The maximum absolute atomic E-state index is 12.0. The molecule has 0 radical (unpaired) electrons. The molecule has 0 saturated carbocycles. The van der Waals surface area contributed by atoms with E-state index in [1.165, 1.54) is 0 Å². The lowest BCUT2D eigenvalue weighted by atomic mass is 10.2. The number of hydrogen-bond donors (Lipinski definition) is 1. The van der Waals surface area contributed by atoms with Crippen molar-refractivity contribution in [3.05, 3.63) is 60.8 Å². The van der Waals surface area contributed by atoms with Gasteiger partial charge in [0, 0.05) is 0 Å². The Hall–Kier alpha value is -1.88. The van der Waals surface area contributed by atoms with Gasteiger partial charge in [0.15, 0.2) is 15.1 Å². The summed E-state index contributed by atoms with van der Waals surface area (Å²) in [7, 11) is -3.54. The maximum atomic E-state index is 12.0. The lowest BCUT2D eigenvalue weighted by molar-refractivity contribution is -0.136. The summed E-state index contributed by atoms with van der Waals surface area (Å²) in [5.74, 6) is -1.30. The Balaban J connectivity index is 3.78. The Morgan fingerprint density at radius 2 is 1.21 bits per heavy atom. The fourth-order valence-electron chi connectivity index (χ4n) is 2.66. The number of carbonyl (C=O) groups is 1. The van der Waals surface area contributed by atoms with Crippen molar-refractivity contribution in [3.8, 4) is 0 Å². The molecule has 0 aliphatic heterocycles. The Bertz CT molecular complexity index is 667. The molecular weight excluding hydrogens is 384 g/mol. The lowest BCUT2D eigenvalue weighted by Gasteiger charge is -2.10. The topological polar surface area (TPSA) is 71.4 Å². The van der Waals surface area contributed by atoms with E-state index in [2.05, 4.69) is 67.7 Å². The number of hydrogen-bond acceptors (Lipinski definition) is 3. The fraction of sp³-hybridized carbons (Fsp3) is 0.542. The number of rotatable bonds is 17. The van der Waals surface area contributed by atoms with Gasteiger partial charge >= 0.3 is 5.97 Å². The molecule has 0 amide bonds. The second kappa shape index (κ2) is 18.2. The van der Waals surface area contributed by atoms with Gasteiger partial charge in [-0.3, -0.25) is 4.79 Å². The van der Waals surface area contributed by atoms with Gasteiger partial charge < -0.3 is 5.11 Å². The van der Waals surface area contributed by atoms with Crippen LogP contribution in [0.3, 0.4) is 0 Å². The molecule has 164 valence electrons. The van der Waals surface area contributed by atoms with Crippen LogP contribution in [0.5, 0.6) is 0 Å². The highest BCUT2D eigenvalue weighted by molar-refractivity contribution is 7.92. The number of sulfone groups is 1. The molecule has 1 N–H and O–H groups in total. The van der Waals surface area contributed by atoms with Crippen LogP contribution in [-0.2, 0) is 14.6 Å². The minimum absolute atomic E-state index is 0.0531. The molecule has 0 aromatic rings. The number of allylic oxidation sites excluding steroid dienone is 10. The van der Waals surface area contributed by atoms with Crippen molar-refractivity contribution in [2.75, 3.05) is 5.75 Å². The van der Waals surface area contributed by atoms with Crippen LogP contribution in [0.1, 0.15) is 71.6 Å². The van der Waals surface area contributed by atoms with Crippen molar-refractivity contribution in [2.45, 2.75) is 76.9 Å². The summed E-state index contributed by atoms with van der Waals surface area (Å²) in [5.41, 5.74) is 0. The average Bonchev–Trinajstić information content (AvgIpc) is 2.67. The van der Waals surface area contributed by atoms with Crippen LogP contribution < -0.4 is 0 Å². The first kappa shape index (κ1) is 27.1. The van der Waals surface area contributed by atoms with Gasteiger partial charge in [0.05, 0.1) is 5.75 Å². The van der Waals surface area contributed by atoms with Crippen molar-refractivity contribution >= 4 is 15.8 Å². The highest BCUT2D eigenvalue weighted by atomic mass is 32.2. The van der Waals surface area contributed by atoms with E-state index in [1.807, 2.05) is 0 Å². The van der Waals surface area contributed by atoms with Crippen LogP contribution >= 0.6 is 0 Å². The van der Waals surface area contributed by atoms with Crippen LogP contribution in [-0.4, -0.2) is 30.5 Å². The largest absolute Gasteiger partial charge is 0.480 e. The monoisotopic (exact) mass is 422 g/mol. The summed E-state index contributed by atoms with van der Waals surface area (Å²) in [4.78, 5) is 11.0. The van der Waals surface area contributed by atoms with Crippen molar-refractivity contribution in [2.24, 2.45) is 0 Å². The minimum Gasteiger partial charge on any atom is -0.480 e. The molecule has 0 rings (SSSR count). The first-order valence-electron chi connectivity index (χ1n) is 10.6. The standard InChI is InChI=1S/C24H38O4S/c1-3-5-6-7-8-9-10-11-12-13-14-15-16-17-18-19-20-21-22-29(27,28)23(4-2)24(25)26/h5-6,8-9,11-12,14-15,17-18,23H,3-4,7,10,13,16,19-22H2,1-2H3,(H,25,26)/b6-5-,9-8-,12-11-,15-14-,18-17-. The first-order chi connectivity index (χ1) is 14.0. The Kier molecular flexibility index (Phi) is 17.0. The third-order valence-corrected chi connectivity index (χ3v) is 6.55. The minimum atomic E-state index is -3.54. The molecule has 0 aliphatic carbocycles. The van der Waals surface area contributed by atoms with Crippen molar-refractivity contribution in [3.63, 3.8) is 0 Å². The quantitative estimate of drug-likeness (QED) is 0.224. The molecule has 0 heterocycles. The smallest absolute Gasteiger partial charge is 0.321 e. The van der Waals surface area contributed by atoms with Gasteiger partial charge in [-0.05, 0) is 57.8 Å². The van der Waals surface area contributed by atoms with Crippen molar-refractivity contribution in [1.29, 1.82) is 0 Å². The Morgan fingerprint density at radius 1 is 0.759 bits per heavy atom. The molecule has 1 unspecified atom stereocenters. The van der Waals surface area contributed by atoms with Crippen LogP contribution in [0.2, 0.25) is 0 Å². The molecule has 29 heavy (non-hydrogen) atoms. The molecular formula is C24H38O4S. The zero-order chi connectivity index (χ0) is 21.8. The maximum Gasteiger partial charge on any atom is 0.321 e. The molecule has 0 aromatic heterocycles. The van der Waals surface area contributed by atoms with E-state index in [1.54, 1.807) is 6.92 Å². The van der Waals surface area contributed by atoms with Crippen LogP contribution in [0.15, 0.2) is 60.8 Å². The molecule has 4 nitrogen and oxygen atoms in total. The summed E-state index contributed by atoms with van der Waals surface area (Å²) in [6, 6.07) is 0. The van der Waals surface area contributed by atoms with E-state index < -0.39 is 21.1 Å². The average molecular weight is 423 g/mol. The zero-order valence-electron chi connectivity index (χ0n) is 18.0.